The van der Waals surface area contributed by atoms with Crippen molar-refractivity contribution in [2.75, 3.05) is 12.4 Å². The third-order valence-electron chi connectivity index (χ3n) is 2.26. The number of aryl methyl sites for hydroxylation is 1. The lowest BCUT2D eigenvalue weighted by molar-refractivity contribution is 0.697. The van der Waals surface area contributed by atoms with Gasteiger partial charge in [0.2, 0.25) is 5.13 Å². The van der Waals surface area contributed by atoms with Crippen molar-refractivity contribution in [3.63, 3.8) is 0 Å². The molecule has 16 heavy (non-hydrogen) atoms. The minimum atomic E-state index is 0.759. The third kappa shape index (κ3) is 2.38. The highest BCUT2D eigenvalue weighted by molar-refractivity contribution is 7.15. The van der Waals surface area contributed by atoms with Crippen LogP contribution in [0.15, 0.2) is 12.4 Å². The second-order valence-electron chi connectivity index (χ2n) is 3.47. The monoisotopic (exact) mass is 237 g/mol. The molecular weight excluding hydrogens is 222 g/mol. The summed E-state index contributed by atoms with van der Waals surface area (Å²) in [6.45, 7) is 2.91. The molecule has 0 saturated heterocycles. The first kappa shape index (κ1) is 11.1. The quantitative estimate of drug-likeness (QED) is 0.861. The molecule has 86 valence electrons. The zero-order valence-corrected chi connectivity index (χ0v) is 10.3. The Bertz CT molecular complexity index is 448. The van der Waals surface area contributed by atoms with E-state index < -0.39 is 0 Å². The summed E-state index contributed by atoms with van der Waals surface area (Å²) in [5, 5.41) is 13.0. The molecule has 0 aliphatic heterocycles. The summed E-state index contributed by atoms with van der Waals surface area (Å²) in [5.41, 5.74) is 0. The van der Waals surface area contributed by atoms with Crippen LogP contribution in [0.3, 0.4) is 0 Å². The highest BCUT2D eigenvalue weighted by Crippen LogP contribution is 2.16. The predicted octanol–water partition coefficient (Wildman–Crippen LogP) is 1.78. The van der Waals surface area contributed by atoms with Crippen LogP contribution in [-0.4, -0.2) is 26.8 Å². The van der Waals surface area contributed by atoms with E-state index in [0.29, 0.717) is 0 Å². The van der Waals surface area contributed by atoms with E-state index in [1.807, 2.05) is 19.4 Å². The van der Waals surface area contributed by atoms with Gasteiger partial charge in [-0.15, -0.1) is 10.2 Å². The van der Waals surface area contributed by atoms with Crippen LogP contribution in [0.25, 0.3) is 0 Å². The van der Waals surface area contributed by atoms with Crippen LogP contribution in [0, 0.1) is 0 Å². The maximum Gasteiger partial charge on any atom is 0.205 e. The van der Waals surface area contributed by atoms with Crippen molar-refractivity contribution in [3.8, 4) is 0 Å². The van der Waals surface area contributed by atoms with Gasteiger partial charge in [-0.3, -0.25) is 0 Å². The topological polar surface area (TPSA) is 55.6 Å². The zero-order chi connectivity index (χ0) is 11.4. The molecule has 0 atom stereocenters. The van der Waals surface area contributed by atoms with Crippen molar-refractivity contribution >= 4 is 16.5 Å². The fourth-order valence-electron chi connectivity index (χ4n) is 1.50. The van der Waals surface area contributed by atoms with Crippen LogP contribution in [0.5, 0.6) is 0 Å². The van der Waals surface area contributed by atoms with Crippen LogP contribution in [0.4, 0.5) is 5.13 Å². The summed E-state index contributed by atoms with van der Waals surface area (Å²) < 4.78 is 2.13. The van der Waals surface area contributed by atoms with Gasteiger partial charge < -0.3 is 9.88 Å². The van der Waals surface area contributed by atoms with Gasteiger partial charge in [0.25, 0.3) is 0 Å². The number of nitrogens with zero attached hydrogens (tertiary/aromatic N) is 4. The van der Waals surface area contributed by atoms with Crippen molar-refractivity contribution in [2.24, 2.45) is 0 Å². The Hall–Kier alpha value is -1.43. The van der Waals surface area contributed by atoms with Gasteiger partial charge in [-0.2, -0.15) is 0 Å². The van der Waals surface area contributed by atoms with E-state index in [-0.39, 0.29) is 0 Å². The molecular formula is C10H15N5S. The molecule has 0 spiro atoms. The summed E-state index contributed by atoms with van der Waals surface area (Å²) in [6, 6.07) is 0. The number of hydrogen-bond acceptors (Lipinski definition) is 5. The number of rotatable bonds is 5. The predicted molar refractivity (Wildman–Crippen MR) is 64.8 cm³/mol. The van der Waals surface area contributed by atoms with Crippen LogP contribution in [-0.2, 0) is 13.0 Å². The van der Waals surface area contributed by atoms with Crippen molar-refractivity contribution < 1.29 is 0 Å². The lowest BCUT2D eigenvalue weighted by atomic mass is 10.3. The zero-order valence-electron chi connectivity index (χ0n) is 9.47. The van der Waals surface area contributed by atoms with E-state index in [0.717, 1.165) is 35.3 Å². The summed E-state index contributed by atoms with van der Waals surface area (Å²) >= 11 is 1.58. The molecule has 0 aliphatic carbocycles. The van der Waals surface area contributed by atoms with Crippen molar-refractivity contribution in [1.82, 2.24) is 19.7 Å². The number of hydrogen-bond donors (Lipinski definition) is 1. The molecule has 0 amide bonds. The van der Waals surface area contributed by atoms with Crippen LogP contribution >= 0.6 is 11.3 Å². The van der Waals surface area contributed by atoms with E-state index in [1.165, 1.54) is 0 Å². The lowest BCUT2D eigenvalue weighted by Crippen LogP contribution is -2.03. The Kier molecular flexibility index (Phi) is 3.51. The average molecular weight is 237 g/mol. The Balaban J connectivity index is 2.10. The first-order chi connectivity index (χ1) is 7.83. The van der Waals surface area contributed by atoms with Gasteiger partial charge in [-0.1, -0.05) is 18.3 Å². The smallest absolute Gasteiger partial charge is 0.205 e. The lowest BCUT2D eigenvalue weighted by Gasteiger charge is -2.03. The summed E-state index contributed by atoms with van der Waals surface area (Å²) in [5.74, 6) is 1.11. The van der Waals surface area contributed by atoms with Gasteiger partial charge in [0.1, 0.15) is 10.8 Å². The molecule has 5 nitrogen and oxygen atoms in total. The number of nitrogens with one attached hydrogen (secondary N) is 1. The van der Waals surface area contributed by atoms with E-state index in [4.69, 9.17) is 0 Å². The molecule has 0 radical (unpaired) electrons. The average Bonchev–Trinajstić information content (AvgIpc) is 2.90. The molecule has 6 heteroatoms. The fraction of sp³-hybridized carbons (Fsp3) is 0.500. The minimum absolute atomic E-state index is 0.759. The molecule has 1 N–H and O–H groups in total. The molecule has 0 bridgehead atoms. The van der Waals surface area contributed by atoms with Gasteiger partial charge in [-0.25, -0.2) is 4.98 Å². The van der Waals surface area contributed by atoms with Gasteiger partial charge in [0, 0.05) is 25.9 Å². The SMILES string of the molecule is CCCc1nccn1Cc1nnc(NC)s1. The van der Waals surface area contributed by atoms with Crippen LogP contribution in [0.1, 0.15) is 24.2 Å². The summed E-state index contributed by atoms with van der Waals surface area (Å²) in [6.07, 6.45) is 5.94. The number of anilines is 1. The van der Waals surface area contributed by atoms with Gasteiger partial charge in [0.15, 0.2) is 0 Å². The normalized spacial score (nSPS) is 10.6. The first-order valence-corrected chi connectivity index (χ1v) is 6.15. The molecule has 0 aliphatic rings. The maximum absolute atomic E-state index is 4.33. The molecule has 0 aromatic carbocycles. The Morgan fingerprint density at radius 3 is 3.00 bits per heavy atom. The van der Waals surface area contributed by atoms with Gasteiger partial charge in [-0.05, 0) is 6.42 Å². The molecule has 2 heterocycles. The van der Waals surface area contributed by atoms with Crippen molar-refractivity contribution in [1.29, 1.82) is 0 Å². The third-order valence-corrected chi connectivity index (χ3v) is 3.19. The largest absolute Gasteiger partial charge is 0.363 e. The summed E-state index contributed by atoms with van der Waals surface area (Å²) in [4.78, 5) is 4.33. The Labute approximate surface area is 98.5 Å². The molecule has 2 aromatic heterocycles. The van der Waals surface area contributed by atoms with E-state index in [2.05, 4.69) is 32.0 Å². The molecule has 0 unspecified atom stereocenters. The highest BCUT2D eigenvalue weighted by atomic mass is 32.1. The number of imidazole rings is 1. The van der Waals surface area contributed by atoms with Crippen molar-refractivity contribution in [2.45, 2.75) is 26.3 Å². The standard InChI is InChI=1S/C10H15N5S/c1-3-4-8-12-5-6-15(8)7-9-13-14-10(11-2)16-9/h5-6H,3-4,7H2,1-2H3,(H,11,14). The first-order valence-electron chi connectivity index (χ1n) is 5.33. The second-order valence-corrected chi connectivity index (χ2v) is 4.53. The summed E-state index contributed by atoms with van der Waals surface area (Å²) in [7, 11) is 1.85. The highest BCUT2D eigenvalue weighted by Gasteiger charge is 2.06. The van der Waals surface area contributed by atoms with Crippen molar-refractivity contribution in [3.05, 3.63) is 23.2 Å². The second kappa shape index (κ2) is 5.07. The Morgan fingerprint density at radius 1 is 1.44 bits per heavy atom. The minimum Gasteiger partial charge on any atom is -0.363 e. The molecule has 2 aromatic rings. The van der Waals surface area contributed by atoms with E-state index in [1.54, 1.807) is 11.3 Å². The maximum atomic E-state index is 4.33. The van der Waals surface area contributed by atoms with Crippen LogP contribution in [0.2, 0.25) is 0 Å². The molecule has 2 rings (SSSR count). The van der Waals surface area contributed by atoms with Gasteiger partial charge in [0.05, 0.1) is 6.54 Å². The fourth-order valence-corrected chi connectivity index (χ4v) is 2.19. The molecule has 0 saturated carbocycles. The van der Waals surface area contributed by atoms with Crippen LogP contribution < -0.4 is 5.32 Å². The van der Waals surface area contributed by atoms with E-state index >= 15 is 0 Å². The molecule has 0 fully saturated rings. The van der Waals surface area contributed by atoms with E-state index in [9.17, 15) is 0 Å². The number of aromatic nitrogens is 4. The van der Waals surface area contributed by atoms with Gasteiger partial charge >= 0.3 is 0 Å². The Morgan fingerprint density at radius 2 is 2.31 bits per heavy atom.